The molecule has 0 aliphatic heterocycles. The zero-order valence-corrected chi connectivity index (χ0v) is 18.2. The molecule has 3 atom stereocenters. The van der Waals surface area contributed by atoms with Crippen molar-refractivity contribution in [2.75, 3.05) is 12.3 Å². The van der Waals surface area contributed by atoms with Crippen molar-refractivity contribution >= 4 is 25.4 Å². The molecule has 1 aliphatic carbocycles. The van der Waals surface area contributed by atoms with Crippen molar-refractivity contribution in [1.29, 1.82) is 0 Å². The summed E-state index contributed by atoms with van der Waals surface area (Å²) in [6.45, 7) is 9.24. The van der Waals surface area contributed by atoms with Crippen molar-refractivity contribution in [2.45, 2.75) is 37.7 Å². The van der Waals surface area contributed by atoms with Crippen molar-refractivity contribution in [3.8, 4) is 0 Å². The van der Waals surface area contributed by atoms with Gasteiger partial charge in [-0.2, -0.15) is 4.98 Å². The number of benzene rings is 1. The monoisotopic (exact) mass is 425 g/mol. The highest BCUT2D eigenvalue weighted by Crippen LogP contribution is 2.51. The molecule has 8 nitrogen and oxygen atoms in total. The summed E-state index contributed by atoms with van der Waals surface area (Å²) in [6.07, 6.45) is 2.31. The van der Waals surface area contributed by atoms with Crippen LogP contribution in [0.1, 0.15) is 18.0 Å². The van der Waals surface area contributed by atoms with Gasteiger partial charge < -0.3 is 19.8 Å². The number of H-pyrrole nitrogens is 1. The van der Waals surface area contributed by atoms with E-state index in [1.807, 2.05) is 48.0 Å². The summed E-state index contributed by atoms with van der Waals surface area (Å²) >= 11 is 0. The van der Waals surface area contributed by atoms with Gasteiger partial charge >= 0.3 is 0 Å². The SMILES string of the molecule is C=C1[C@H](COCc2ccccc2)[C@@H]([Si](C)(C)O)C[C@@H]1n1cnc2c(=O)[nH]c(N)nc21. The molecule has 0 bridgehead atoms. The van der Waals surface area contributed by atoms with Gasteiger partial charge in [-0.1, -0.05) is 36.9 Å². The largest absolute Gasteiger partial charge is 0.432 e. The van der Waals surface area contributed by atoms with E-state index in [0.29, 0.717) is 25.3 Å². The smallest absolute Gasteiger partial charge is 0.280 e. The van der Waals surface area contributed by atoms with Gasteiger partial charge in [0.15, 0.2) is 19.5 Å². The number of nitrogen functional groups attached to an aromatic ring is 1. The Bertz CT molecular complexity index is 1120. The predicted octanol–water partition coefficient (Wildman–Crippen LogP) is 2.60. The lowest BCUT2D eigenvalue weighted by Crippen LogP contribution is -2.36. The zero-order valence-electron chi connectivity index (χ0n) is 17.2. The van der Waals surface area contributed by atoms with E-state index in [4.69, 9.17) is 10.5 Å². The molecule has 0 unspecified atom stereocenters. The molecule has 9 heteroatoms. The number of nitrogens with zero attached hydrogens (tertiary/aromatic N) is 3. The van der Waals surface area contributed by atoms with Crippen molar-refractivity contribution in [3.63, 3.8) is 0 Å². The summed E-state index contributed by atoms with van der Waals surface area (Å²) in [4.78, 5) is 34.1. The Balaban J connectivity index is 1.60. The highest BCUT2D eigenvalue weighted by molar-refractivity contribution is 6.71. The number of imidazole rings is 1. The first-order valence-electron chi connectivity index (χ1n) is 10.0. The van der Waals surface area contributed by atoms with Gasteiger partial charge in [0.1, 0.15) is 0 Å². The molecule has 3 aromatic rings. The van der Waals surface area contributed by atoms with Gasteiger partial charge in [0.2, 0.25) is 5.95 Å². The Morgan fingerprint density at radius 3 is 2.80 bits per heavy atom. The number of hydrogen-bond donors (Lipinski definition) is 3. The number of ether oxygens (including phenoxy) is 1. The Morgan fingerprint density at radius 2 is 2.10 bits per heavy atom. The molecule has 4 N–H and O–H groups in total. The molecule has 1 aliphatic rings. The molecular weight excluding hydrogens is 398 g/mol. The molecular formula is C21H27N5O3Si. The molecule has 0 saturated heterocycles. The molecule has 1 fully saturated rings. The zero-order chi connectivity index (χ0) is 21.5. The maximum atomic E-state index is 12.1. The number of hydrogen-bond acceptors (Lipinski definition) is 6. The first kappa shape index (κ1) is 20.5. The van der Waals surface area contributed by atoms with Crippen LogP contribution in [0.15, 0.2) is 53.6 Å². The number of aromatic nitrogens is 4. The number of nitrogens with two attached hydrogens (primary N) is 1. The first-order valence-corrected chi connectivity index (χ1v) is 13.0. The molecule has 2 aromatic heterocycles. The van der Waals surface area contributed by atoms with Crippen molar-refractivity contribution in [3.05, 3.63) is 64.7 Å². The molecule has 30 heavy (non-hydrogen) atoms. The number of aromatic amines is 1. The quantitative estimate of drug-likeness (QED) is 0.413. The molecule has 0 amide bonds. The third-order valence-electron chi connectivity index (χ3n) is 5.97. The van der Waals surface area contributed by atoms with E-state index in [1.165, 1.54) is 0 Å². The summed E-state index contributed by atoms with van der Waals surface area (Å²) < 4.78 is 7.88. The Morgan fingerprint density at radius 1 is 1.37 bits per heavy atom. The average molecular weight is 426 g/mol. The number of rotatable bonds is 6. The highest BCUT2D eigenvalue weighted by atomic mass is 28.4. The van der Waals surface area contributed by atoms with Crippen LogP contribution in [0.2, 0.25) is 18.6 Å². The van der Waals surface area contributed by atoms with Crippen LogP contribution < -0.4 is 11.3 Å². The van der Waals surface area contributed by atoms with Crippen LogP contribution in [-0.4, -0.2) is 39.2 Å². The lowest BCUT2D eigenvalue weighted by Gasteiger charge is -2.28. The fraction of sp³-hybridized carbons (Fsp3) is 0.381. The second-order valence-corrected chi connectivity index (χ2v) is 12.5. The highest BCUT2D eigenvalue weighted by Gasteiger charge is 2.47. The predicted molar refractivity (Wildman–Crippen MR) is 118 cm³/mol. The number of nitrogens with one attached hydrogen (secondary N) is 1. The van der Waals surface area contributed by atoms with Crippen LogP contribution in [0, 0.1) is 5.92 Å². The summed E-state index contributed by atoms with van der Waals surface area (Å²) in [7, 11) is -2.49. The molecule has 4 rings (SSSR count). The topological polar surface area (TPSA) is 119 Å². The normalized spacial score (nSPS) is 22.1. The maximum Gasteiger partial charge on any atom is 0.280 e. The van der Waals surface area contributed by atoms with E-state index in [9.17, 15) is 9.59 Å². The Kier molecular flexibility index (Phi) is 5.35. The van der Waals surface area contributed by atoms with Gasteiger partial charge in [-0.05, 0) is 36.2 Å². The van der Waals surface area contributed by atoms with Crippen molar-refractivity contribution < 1.29 is 9.53 Å². The summed E-state index contributed by atoms with van der Waals surface area (Å²) in [5, 5.41) is 0. The standard InChI is InChI=1S/C21H27N5O3Si/c1-13-15(11-29-10-14-7-5-4-6-8-14)17(30(2,3)28)9-16(13)26-12-23-18-19(26)24-21(22)25-20(18)27/h4-8,12,15-17,28H,1,9-11H2,2-3H3,(H3,22,24,25,27)/t15-,16-,17-/m0/s1. The van der Waals surface area contributed by atoms with Gasteiger partial charge in [0, 0.05) is 5.92 Å². The lowest BCUT2D eigenvalue weighted by atomic mass is 10.0. The van der Waals surface area contributed by atoms with E-state index < -0.39 is 8.32 Å². The fourth-order valence-electron chi connectivity index (χ4n) is 4.41. The van der Waals surface area contributed by atoms with Crippen molar-refractivity contribution in [2.24, 2.45) is 5.92 Å². The molecule has 2 heterocycles. The lowest BCUT2D eigenvalue weighted by molar-refractivity contribution is 0.0965. The Labute approximate surface area is 175 Å². The molecule has 0 spiro atoms. The first-order chi connectivity index (χ1) is 14.3. The second-order valence-electron chi connectivity index (χ2n) is 8.47. The van der Waals surface area contributed by atoms with E-state index in [2.05, 4.69) is 21.5 Å². The fourth-order valence-corrected chi connectivity index (χ4v) is 6.50. The van der Waals surface area contributed by atoms with Crippen LogP contribution in [0.4, 0.5) is 5.95 Å². The van der Waals surface area contributed by atoms with Crippen LogP contribution in [-0.2, 0) is 11.3 Å². The van der Waals surface area contributed by atoms with E-state index >= 15 is 0 Å². The summed E-state index contributed by atoms with van der Waals surface area (Å²) in [5.41, 5.74) is 8.20. The van der Waals surface area contributed by atoms with Gasteiger partial charge in [0.25, 0.3) is 5.56 Å². The number of anilines is 1. The average Bonchev–Trinajstić information content (AvgIpc) is 3.24. The second kappa shape index (κ2) is 7.82. The molecule has 1 saturated carbocycles. The third kappa shape index (κ3) is 3.83. The molecule has 1 aromatic carbocycles. The van der Waals surface area contributed by atoms with Gasteiger partial charge in [-0.15, -0.1) is 0 Å². The summed E-state index contributed by atoms with van der Waals surface area (Å²) in [6, 6.07) is 9.88. The van der Waals surface area contributed by atoms with Gasteiger partial charge in [-0.3, -0.25) is 9.78 Å². The van der Waals surface area contributed by atoms with E-state index in [0.717, 1.165) is 11.1 Å². The minimum atomic E-state index is -2.49. The number of fused-ring (bicyclic) bond motifs is 1. The molecule has 0 radical (unpaired) electrons. The van der Waals surface area contributed by atoms with Crippen LogP contribution in [0.3, 0.4) is 0 Å². The van der Waals surface area contributed by atoms with Crippen LogP contribution in [0.5, 0.6) is 0 Å². The van der Waals surface area contributed by atoms with Crippen molar-refractivity contribution in [1.82, 2.24) is 19.5 Å². The van der Waals surface area contributed by atoms with Gasteiger partial charge in [0.05, 0.1) is 25.6 Å². The van der Waals surface area contributed by atoms with E-state index in [1.54, 1.807) is 6.33 Å². The van der Waals surface area contributed by atoms with Crippen LogP contribution >= 0.6 is 0 Å². The van der Waals surface area contributed by atoms with Crippen LogP contribution in [0.25, 0.3) is 11.2 Å². The molecule has 158 valence electrons. The maximum absolute atomic E-state index is 12.1. The van der Waals surface area contributed by atoms with Gasteiger partial charge in [-0.25, -0.2) is 4.98 Å². The Hall–Kier alpha value is -2.75. The third-order valence-corrected chi connectivity index (χ3v) is 8.42. The summed E-state index contributed by atoms with van der Waals surface area (Å²) in [5.74, 6) is 0.0659. The van der Waals surface area contributed by atoms with E-state index in [-0.39, 0.29) is 34.5 Å². The minimum Gasteiger partial charge on any atom is -0.432 e. The minimum absolute atomic E-state index is 0.0159.